The van der Waals surface area contributed by atoms with Crippen LogP contribution in [0.15, 0.2) is 12.2 Å². The maximum absolute atomic E-state index is 12.3. The fourth-order valence-electron chi connectivity index (χ4n) is 2.85. The molecule has 3 amide bonds. The predicted octanol–water partition coefficient (Wildman–Crippen LogP) is 1.65. The molecule has 0 aromatic carbocycles. The molecular weight excluding hydrogens is 302 g/mol. The number of thiazole rings is 1. The lowest BCUT2D eigenvalue weighted by Gasteiger charge is -2.14. The Morgan fingerprint density at radius 1 is 1.27 bits per heavy atom. The standard InChI is InChI=1S/C15H17N3O3S/c1-8-9(2)22-15(16-8)17-12(19)7-18-13(20)10-5-3-4-6-11(10)14(18)21/h3-4,10-11H,5-7H2,1-2H3,(H,16,17,19). The van der Waals surface area contributed by atoms with Gasteiger partial charge in [-0.3, -0.25) is 19.3 Å². The first-order valence-corrected chi connectivity index (χ1v) is 8.03. The Balaban J connectivity index is 1.66. The monoisotopic (exact) mass is 319 g/mol. The van der Waals surface area contributed by atoms with E-state index < -0.39 is 0 Å². The molecular formula is C15H17N3O3S. The summed E-state index contributed by atoms with van der Waals surface area (Å²) in [6.45, 7) is 3.56. The molecule has 1 saturated heterocycles. The highest BCUT2D eigenvalue weighted by Gasteiger charge is 2.47. The van der Waals surface area contributed by atoms with E-state index in [-0.39, 0.29) is 36.1 Å². The van der Waals surface area contributed by atoms with Gasteiger partial charge in [0.1, 0.15) is 6.54 Å². The molecule has 0 saturated carbocycles. The number of allylic oxidation sites excluding steroid dienone is 2. The molecule has 116 valence electrons. The molecule has 22 heavy (non-hydrogen) atoms. The van der Waals surface area contributed by atoms with Crippen LogP contribution in [0.3, 0.4) is 0 Å². The quantitative estimate of drug-likeness (QED) is 0.678. The number of rotatable bonds is 3. The van der Waals surface area contributed by atoms with E-state index in [1.807, 2.05) is 26.0 Å². The number of likely N-dealkylation sites (tertiary alicyclic amines) is 1. The zero-order valence-corrected chi connectivity index (χ0v) is 13.3. The van der Waals surface area contributed by atoms with Gasteiger partial charge in [-0.15, -0.1) is 11.3 Å². The Labute approximate surface area is 132 Å². The minimum atomic E-state index is -0.387. The van der Waals surface area contributed by atoms with Crippen LogP contribution < -0.4 is 5.32 Å². The first kappa shape index (κ1) is 14.9. The second-order valence-corrected chi connectivity index (χ2v) is 6.83. The topological polar surface area (TPSA) is 79.4 Å². The lowest BCUT2D eigenvalue weighted by molar-refractivity contribution is -0.142. The molecule has 1 aromatic rings. The maximum atomic E-state index is 12.3. The van der Waals surface area contributed by atoms with Crippen molar-refractivity contribution in [2.75, 3.05) is 11.9 Å². The molecule has 0 spiro atoms. The van der Waals surface area contributed by atoms with E-state index in [0.29, 0.717) is 18.0 Å². The number of hydrogen-bond donors (Lipinski definition) is 1. The van der Waals surface area contributed by atoms with Crippen molar-refractivity contribution in [2.45, 2.75) is 26.7 Å². The van der Waals surface area contributed by atoms with Gasteiger partial charge in [-0.25, -0.2) is 4.98 Å². The van der Waals surface area contributed by atoms with E-state index in [4.69, 9.17) is 0 Å². The Morgan fingerprint density at radius 2 is 1.86 bits per heavy atom. The second kappa shape index (κ2) is 5.64. The largest absolute Gasteiger partial charge is 0.300 e. The Hall–Kier alpha value is -2.02. The van der Waals surface area contributed by atoms with Gasteiger partial charge in [0.15, 0.2) is 5.13 Å². The third kappa shape index (κ3) is 2.56. The van der Waals surface area contributed by atoms with E-state index >= 15 is 0 Å². The summed E-state index contributed by atoms with van der Waals surface area (Å²) in [6, 6.07) is 0. The minimum Gasteiger partial charge on any atom is -0.300 e. The predicted molar refractivity (Wildman–Crippen MR) is 82.3 cm³/mol. The van der Waals surface area contributed by atoms with Gasteiger partial charge in [0.2, 0.25) is 17.7 Å². The summed E-state index contributed by atoms with van der Waals surface area (Å²) >= 11 is 1.38. The normalized spacial score (nSPS) is 23.8. The van der Waals surface area contributed by atoms with Crippen LogP contribution in [-0.4, -0.2) is 34.2 Å². The third-order valence-corrected chi connectivity index (χ3v) is 5.16. The van der Waals surface area contributed by atoms with Gasteiger partial charge in [0.25, 0.3) is 0 Å². The molecule has 2 aliphatic rings. The minimum absolute atomic E-state index is 0.234. The number of carbonyl (C=O) groups is 3. The van der Waals surface area contributed by atoms with Gasteiger partial charge in [0, 0.05) is 4.88 Å². The molecule has 1 aliphatic carbocycles. The van der Waals surface area contributed by atoms with Gasteiger partial charge in [-0.1, -0.05) is 12.2 Å². The Kier molecular flexibility index (Phi) is 3.82. The summed E-state index contributed by atoms with van der Waals surface area (Å²) < 4.78 is 0. The first-order chi connectivity index (χ1) is 10.5. The summed E-state index contributed by atoms with van der Waals surface area (Å²) in [5.74, 6) is -1.45. The van der Waals surface area contributed by atoms with Crippen LogP contribution in [0.25, 0.3) is 0 Å². The van der Waals surface area contributed by atoms with E-state index in [1.54, 1.807) is 0 Å². The van der Waals surface area contributed by atoms with Crippen molar-refractivity contribution in [3.8, 4) is 0 Å². The molecule has 1 aromatic heterocycles. The van der Waals surface area contributed by atoms with Gasteiger partial charge in [0.05, 0.1) is 17.5 Å². The number of amides is 3. The van der Waals surface area contributed by atoms with Crippen molar-refractivity contribution < 1.29 is 14.4 Å². The second-order valence-electron chi connectivity index (χ2n) is 5.63. The van der Waals surface area contributed by atoms with Crippen LogP contribution in [0, 0.1) is 25.7 Å². The van der Waals surface area contributed by atoms with Crippen molar-refractivity contribution in [2.24, 2.45) is 11.8 Å². The van der Waals surface area contributed by atoms with Crippen molar-refractivity contribution in [1.29, 1.82) is 0 Å². The number of carbonyl (C=O) groups excluding carboxylic acids is 3. The highest BCUT2D eigenvalue weighted by Crippen LogP contribution is 2.34. The number of nitrogens with zero attached hydrogens (tertiary/aromatic N) is 2. The molecule has 2 heterocycles. The van der Waals surface area contributed by atoms with Crippen molar-refractivity contribution in [3.63, 3.8) is 0 Å². The van der Waals surface area contributed by atoms with Crippen LogP contribution in [0.2, 0.25) is 0 Å². The average molecular weight is 319 g/mol. The van der Waals surface area contributed by atoms with Crippen LogP contribution in [0.5, 0.6) is 0 Å². The zero-order valence-electron chi connectivity index (χ0n) is 12.5. The van der Waals surface area contributed by atoms with Gasteiger partial charge in [-0.2, -0.15) is 0 Å². The highest BCUT2D eigenvalue weighted by atomic mass is 32.1. The fourth-order valence-corrected chi connectivity index (χ4v) is 3.68. The number of fused-ring (bicyclic) bond motifs is 1. The van der Waals surface area contributed by atoms with Gasteiger partial charge in [-0.05, 0) is 26.7 Å². The molecule has 0 bridgehead atoms. The van der Waals surface area contributed by atoms with Crippen molar-refractivity contribution in [3.05, 3.63) is 22.7 Å². The van der Waals surface area contributed by atoms with Gasteiger partial charge >= 0.3 is 0 Å². The van der Waals surface area contributed by atoms with E-state index in [2.05, 4.69) is 10.3 Å². The number of aromatic nitrogens is 1. The molecule has 1 N–H and O–H groups in total. The third-order valence-electron chi connectivity index (χ3n) is 4.18. The number of imide groups is 1. The number of aryl methyl sites for hydroxylation is 2. The van der Waals surface area contributed by atoms with E-state index in [9.17, 15) is 14.4 Å². The molecule has 6 nitrogen and oxygen atoms in total. The van der Waals surface area contributed by atoms with Crippen molar-refractivity contribution in [1.82, 2.24) is 9.88 Å². The maximum Gasteiger partial charge on any atom is 0.246 e. The Morgan fingerprint density at radius 3 is 2.36 bits per heavy atom. The summed E-state index contributed by atoms with van der Waals surface area (Å²) in [7, 11) is 0. The van der Waals surface area contributed by atoms with Gasteiger partial charge < -0.3 is 5.32 Å². The summed E-state index contributed by atoms with van der Waals surface area (Å²) in [5.41, 5.74) is 0.866. The molecule has 2 atom stereocenters. The lowest BCUT2D eigenvalue weighted by Crippen LogP contribution is -2.38. The van der Waals surface area contributed by atoms with Crippen LogP contribution in [0.4, 0.5) is 5.13 Å². The smallest absolute Gasteiger partial charge is 0.246 e. The molecule has 1 aliphatic heterocycles. The zero-order chi connectivity index (χ0) is 15.9. The molecule has 0 radical (unpaired) electrons. The fraction of sp³-hybridized carbons (Fsp3) is 0.467. The first-order valence-electron chi connectivity index (χ1n) is 7.21. The molecule has 3 rings (SSSR count). The average Bonchev–Trinajstić information content (AvgIpc) is 2.92. The number of nitrogens with one attached hydrogen (secondary N) is 1. The molecule has 2 unspecified atom stereocenters. The number of anilines is 1. The number of hydrogen-bond acceptors (Lipinski definition) is 5. The summed E-state index contributed by atoms with van der Waals surface area (Å²) in [5, 5.41) is 3.16. The molecule has 7 heteroatoms. The van der Waals surface area contributed by atoms with Crippen LogP contribution in [0.1, 0.15) is 23.4 Å². The molecule has 1 fully saturated rings. The highest BCUT2D eigenvalue weighted by molar-refractivity contribution is 7.15. The summed E-state index contributed by atoms with van der Waals surface area (Å²) in [4.78, 5) is 43.0. The Bertz CT molecular complexity index is 634. The van der Waals surface area contributed by atoms with Crippen molar-refractivity contribution >= 4 is 34.2 Å². The SMILES string of the molecule is Cc1nc(NC(=O)CN2C(=O)C3CC=CCC3C2=O)sc1C. The van der Waals surface area contributed by atoms with E-state index in [0.717, 1.165) is 15.5 Å². The summed E-state index contributed by atoms with van der Waals surface area (Å²) in [6.07, 6.45) is 5.02. The van der Waals surface area contributed by atoms with E-state index in [1.165, 1.54) is 11.3 Å². The lowest BCUT2D eigenvalue weighted by atomic mass is 9.85. The van der Waals surface area contributed by atoms with Crippen LogP contribution in [-0.2, 0) is 14.4 Å². The van der Waals surface area contributed by atoms with Crippen LogP contribution >= 0.6 is 11.3 Å².